The van der Waals surface area contributed by atoms with Gasteiger partial charge in [-0.15, -0.1) is 0 Å². The van der Waals surface area contributed by atoms with Gasteiger partial charge >= 0.3 is 6.18 Å². The molecule has 0 saturated heterocycles. The van der Waals surface area contributed by atoms with Gasteiger partial charge in [0.25, 0.3) is 5.89 Å². The summed E-state index contributed by atoms with van der Waals surface area (Å²) in [5.41, 5.74) is 0.300. The van der Waals surface area contributed by atoms with Crippen LogP contribution < -0.4 is 0 Å². The maximum absolute atomic E-state index is 14.4. The number of oxazole rings is 1. The van der Waals surface area contributed by atoms with Crippen molar-refractivity contribution in [2.24, 2.45) is 0 Å². The van der Waals surface area contributed by atoms with E-state index < -0.39 is 28.2 Å². The summed E-state index contributed by atoms with van der Waals surface area (Å²) in [6, 6.07) is 0.958. The van der Waals surface area contributed by atoms with Crippen LogP contribution in [0.5, 0.6) is 0 Å². The van der Waals surface area contributed by atoms with Crippen LogP contribution in [0.2, 0.25) is 0 Å². The number of rotatable bonds is 4. The average molecular weight is 483 g/mol. The number of alkyl halides is 4. The van der Waals surface area contributed by atoms with Crippen LogP contribution in [0, 0.1) is 27.7 Å². The normalized spacial score (nSPS) is 15.3. The molecule has 0 aromatic carbocycles. The molecule has 4 heterocycles. The zero-order chi connectivity index (χ0) is 24.5. The highest BCUT2D eigenvalue weighted by Crippen LogP contribution is 2.43. The third-order valence-electron chi connectivity index (χ3n) is 6.20. The molecule has 2 unspecified atom stereocenters. The topological polar surface area (TPSA) is 73.3 Å². The summed E-state index contributed by atoms with van der Waals surface area (Å²) < 4.78 is 74.2. The van der Waals surface area contributed by atoms with Crippen molar-refractivity contribution in [1.82, 2.24) is 19.6 Å². The van der Waals surface area contributed by atoms with Gasteiger partial charge in [-0.25, -0.2) is 18.9 Å². The first-order valence-corrected chi connectivity index (χ1v) is 11.5. The fraction of sp³-hybridized carbons (Fsp3) is 0.409. The van der Waals surface area contributed by atoms with E-state index in [1.807, 2.05) is 27.7 Å². The molecule has 0 radical (unpaired) electrons. The Hall–Kier alpha value is -2.82. The summed E-state index contributed by atoms with van der Waals surface area (Å²) in [7, 11) is -1.44. The molecule has 0 spiro atoms. The number of pyridine rings is 2. The number of fused-ring (bicyclic) bond motifs is 2. The lowest BCUT2D eigenvalue weighted by Gasteiger charge is -2.23. The van der Waals surface area contributed by atoms with Gasteiger partial charge in [0.15, 0.2) is 5.69 Å². The molecule has 176 valence electrons. The quantitative estimate of drug-likeness (QED) is 0.352. The average Bonchev–Trinajstić information content (AvgIpc) is 3.36. The minimum absolute atomic E-state index is 0.0446. The standard InChI is InChI=1S/C22H22F4N4O2S/c1-7-33(31)18-16(29-30-13(5)11(3)10(2)12(4)17(18)30)20-28-15-8-14(9-27-19(15)32-20)21(6,23)22(24,25)26/h8-9H,7H2,1-6H3. The van der Waals surface area contributed by atoms with Crippen molar-refractivity contribution in [3.63, 3.8) is 0 Å². The molecular weight excluding hydrogens is 460 g/mol. The molecule has 0 aliphatic carbocycles. The molecule has 11 heteroatoms. The molecule has 4 aromatic heterocycles. The lowest BCUT2D eigenvalue weighted by molar-refractivity contribution is -0.228. The number of aromatic nitrogens is 4. The first-order valence-electron chi connectivity index (χ1n) is 10.2. The Labute approximate surface area is 189 Å². The van der Waals surface area contributed by atoms with Crippen molar-refractivity contribution in [2.45, 2.75) is 58.3 Å². The van der Waals surface area contributed by atoms with Crippen LogP contribution in [-0.2, 0) is 16.5 Å². The van der Waals surface area contributed by atoms with Crippen molar-refractivity contribution in [3.05, 3.63) is 40.2 Å². The van der Waals surface area contributed by atoms with Crippen LogP contribution in [0.25, 0.3) is 28.3 Å². The van der Waals surface area contributed by atoms with Gasteiger partial charge in [-0.2, -0.15) is 18.3 Å². The Morgan fingerprint density at radius 3 is 2.36 bits per heavy atom. The molecule has 6 nitrogen and oxygen atoms in total. The highest BCUT2D eigenvalue weighted by atomic mass is 32.2. The van der Waals surface area contributed by atoms with Crippen molar-refractivity contribution in [1.29, 1.82) is 0 Å². The maximum Gasteiger partial charge on any atom is 0.426 e. The fourth-order valence-electron chi connectivity index (χ4n) is 3.71. The number of hydrogen-bond acceptors (Lipinski definition) is 5. The van der Waals surface area contributed by atoms with E-state index in [1.54, 1.807) is 11.4 Å². The first kappa shape index (κ1) is 23.3. The molecule has 0 aliphatic heterocycles. The first-order chi connectivity index (χ1) is 15.3. The van der Waals surface area contributed by atoms with Gasteiger partial charge in [0.1, 0.15) is 5.52 Å². The highest BCUT2D eigenvalue weighted by molar-refractivity contribution is 7.85. The summed E-state index contributed by atoms with van der Waals surface area (Å²) in [6.45, 7) is 9.95. The number of hydrogen-bond donors (Lipinski definition) is 0. The van der Waals surface area contributed by atoms with Crippen LogP contribution in [0.4, 0.5) is 17.6 Å². The smallest absolute Gasteiger partial charge is 0.416 e. The second-order valence-corrected chi connectivity index (χ2v) is 9.78. The second-order valence-electron chi connectivity index (χ2n) is 8.10. The molecule has 0 bridgehead atoms. The van der Waals surface area contributed by atoms with Crippen LogP contribution in [-0.4, -0.2) is 35.7 Å². The SMILES string of the molecule is CCS(=O)c1c(-c2nc3cc(C(C)(F)C(F)(F)F)cnc3o2)nn2c(C)c(C)c(C)c(C)c12. The van der Waals surface area contributed by atoms with Gasteiger partial charge in [0.2, 0.25) is 11.4 Å². The molecule has 0 aliphatic rings. The Kier molecular flexibility index (Phi) is 5.38. The molecule has 0 amide bonds. The van der Waals surface area contributed by atoms with Crippen molar-refractivity contribution >= 4 is 27.5 Å². The van der Waals surface area contributed by atoms with Crippen LogP contribution in [0.15, 0.2) is 21.6 Å². The lowest BCUT2D eigenvalue weighted by Crippen LogP contribution is -2.35. The Balaban J connectivity index is 1.99. The van der Waals surface area contributed by atoms with Gasteiger partial charge in [-0.1, -0.05) is 6.92 Å². The number of nitrogens with zero attached hydrogens (tertiary/aromatic N) is 4. The predicted octanol–water partition coefficient (Wildman–Crippen LogP) is 5.65. The molecule has 0 saturated carbocycles. The van der Waals surface area contributed by atoms with Crippen LogP contribution in [0.1, 0.15) is 41.8 Å². The minimum Gasteiger partial charge on any atom is -0.416 e. The minimum atomic E-state index is -5.12. The van der Waals surface area contributed by atoms with Crippen LogP contribution in [0.3, 0.4) is 0 Å². The second kappa shape index (κ2) is 7.61. The third-order valence-corrected chi connectivity index (χ3v) is 7.56. The van der Waals surface area contributed by atoms with Crippen LogP contribution >= 0.6 is 0 Å². The van der Waals surface area contributed by atoms with E-state index >= 15 is 0 Å². The maximum atomic E-state index is 14.4. The molecular formula is C22H22F4N4O2S. The van der Waals surface area contributed by atoms with E-state index in [1.165, 1.54) is 0 Å². The molecule has 4 aromatic rings. The van der Waals surface area contributed by atoms with Gasteiger partial charge in [-0.05, 0) is 57.4 Å². The predicted molar refractivity (Wildman–Crippen MR) is 116 cm³/mol. The highest BCUT2D eigenvalue weighted by Gasteiger charge is 2.53. The molecule has 2 atom stereocenters. The summed E-state index contributed by atoms with van der Waals surface area (Å²) in [5, 5.41) is 4.61. The van der Waals surface area contributed by atoms with E-state index in [4.69, 9.17) is 4.42 Å². The summed E-state index contributed by atoms with van der Waals surface area (Å²) >= 11 is 0. The number of halogens is 4. The summed E-state index contributed by atoms with van der Waals surface area (Å²) in [4.78, 5) is 8.51. The van der Waals surface area contributed by atoms with Gasteiger partial charge < -0.3 is 4.42 Å². The summed E-state index contributed by atoms with van der Waals surface area (Å²) in [5.74, 6) is 0.269. The van der Waals surface area contributed by atoms with E-state index in [0.717, 1.165) is 34.6 Å². The van der Waals surface area contributed by atoms with Crippen molar-refractivity contribution in [2.75, 3.05) is 5.75 Å². The van der Waals surface area contributed by atoms with Gasteiger partial charge in [0, 0.05) is 23.2 Å². The number of aryl methyl sites for hydroxylation is 2. The fourth-order valence-corrected chi connectivity index (χ4v) is 4.80. The Bertz CT molecular complexity index is 1440. The van der Waals surface area contributed by atoms with Crippen molar-refractivity contribution in [3.8, 4) is 11.6 Å². The zero-order valence-electron chi connectivity index (χ0n) is 18.9. The van der Waals surface area contributed by atoms with E-state index in [0.29, 0.717) is 23.1 Å². The monoisotopic (exact) mass is 482 g/mol. The van der Waals surface area contributed by atoms with E-state index in [-0.39, 0.29) is 22.8 Å². The molecule has 0 fully saturated rings. The lowest BCUT2D eigenvalue weighted by atomic mass is 9.99. The van der Waals surface area contributed by atoms with Gasteiger partial charge in [0.05, 0.1) is 21.2 Å². The van der Waals surface area contributed by atoms with E-state index in [9.17, 15) is 21.8 Å². The van der Waals surface area contributed by atoms with Gasteiger partial charge in [-0.3, -0.25) is 4.21 Å². The van der Waals surface area contributed by atoms with Crippen molar-refractivity contribution < 1.29 is 26.2 Å². The zero-order valence-corrected chi connectivity index (χ0v) is 19.7. The molecule has 33 heavy (non-hydrogen) atoms. The van der Waals surface area contributed by atoms with E-state index in [2.05, 4.69) is 15.1 Å². The molecule has 4 rings (SSSR count). The Morgan fingerprint density at radius 1 is 1.09 bits per heavy atom. The molecule has 0 N–H and O–H groups in total. The Morgan fingerprint density at radius 2 is 1.76 bits per heavy atom. The third kappa shape index (κ3) is 3.44. The largest absolute Gasteiger partial charge is 0.426 e. The summed E-state index contributed by atoms with van der Waals surface area (Å²) in [6.07, 6.45) is -4.34.